The first-order valence-corrected chi connectivity index (χ1v) is 11.1. The molecule has 0 saturated heterocycles. The average Bonchev–Trinajstić information content (AvgIpc) is 3.48. The van der Waals surface area contributed by atoms with Crippen LogP contribution in [-0.2, 0) is 6.54 Å². The van der Waals surface area contributed by atoms with Gasteiger partial charge in [0.1, 0.15) is 6.61 Å². The number of aromatic nitrogens is 5. The second-order valence-electron chi connectivity index (χ2n) is 7.19. The molecular formula is C23H21N5O3S. The van der Waals surface area contributed by atoms with Crippen LogP contribution in [0.1, 0.15) is 30.0 Å². The van der Waals surface area contributed by atoms with Crippen molar-refractivity contribution in [3.8, 4) is 22.9 Å². The second kappa shape index (κ2) is 8.88. The van der Waals surface area contributed by atoms with E-state index >= 15 is 0 Å². The highest BCUT2D eigenvalue weighted by Crippen LogP contribution is 2.38. The number of hydrogen-bond donors (Lipinski definition) is 0. The molecule has 0 fully saturated rings. The number of thioether (sulfide) groups is 1. The Hall–Kier alpha value is -3.59. The van der Waals surface area contributed by atoms with E-state index in [1.54, 1.807) is 6.08 Å². The summed E-state index contributed by atoms with van der Waals surface area (Å²) >= 11 is 1.49. The molecule has 2 aromatic heterocycles. The van der Waals surface area contributed by atoms with Crippen LogP contribution < -0.4 is 9.47 Å². The summed E-state index contributed by atoms with van der Waals surface area (Å²) in [5, 5.41) is 13.5. The highest BCUT2D eigenvalue weighted by atomic mass is 32.2. The number of rotatable bonds is 7. The molecule has 0 N–H and O–H groups in total. The summed E-state index contributed by atoms with van der Waals surface area (Å²) in [4.78, 5) is 4.55. The molecule has 0 spiro atoms. The molecule has 3 heterocycles. The molecule has 0 amide bonds. The van der Waals surface area contributed by atoms with Crippen molar-refractivity contribution in [2.75, 3.05) is 6.61 Å². The van der Waals surface area contributed by atoms with Gasteiger partial charge < -0.3 is 14.0 Å². The van der Waals surface area contributed by atoms with E-state index in [-0.39, 0.29) is 11.4 Å². The predicted molar refractivity (Wildman–Crippen MR) is 120 cm³/mol. The normalized spacial score (nSPS) is 16.0. The lowest BCUT2D eigenvalue weighted by Crippen LogP contribution is -2.25. The molecular weight excluding hydrogens is 426 g/mol. The van der Waals surface area contributed by atoms with Crippen molar-refractivity contribution >= 4 is 11.8 Å². The Balaban J connectivity index is 1.36. The van der Waals surface area contributed by atoms with Crippen molar-refractivity contribution in [1.82, 2.24) is 24.9 Å². The molecule has 0 radical (unpaired) electrons. The van der Waals surface area contributed by atoms with Gasteiger partial charge >= 0.3 is 0 Å². The van der Waals surface area contributed by atoms with E-state index < -0.39 is 0 Å². The van der Waals surface area contributed by atoms with Gasteiger partial charge in [-0.1, -0.05) is 65.5 Å². The van der Waals surface area contributed by atoms with Crippen molar-refractivity contribution in [1.29, 1.82) is 0 Å². The van der Waals surface area contributed by atoms with Crippen LogP contribution in [0.3, 0.4) is 0 Å². The molecule has 32 heavy (non-hydrogen) atoms. The Morgan fingerprint density at radius 3 is 2.72 bits per heavy atom. The van der Waals surface area contributed by atoms with Crippen LogP contribution in [-0.4, -0.2) is 31.5 Å². The summed E-state index contributed by atoms with van der Waals surface area (Å²) in [7, 11) is 0. The molecule has 1 aliphatic rings. The summed E-state index contributed by atoms with van der Waals surface area (Å²) < 4.78 is 19.5. The minimum absolute atomic E-state index is 0.121. The number of hydrogen-bond acceptors (Lipinski definition) is 8. The van der Waals surface area contributed by atoms with Crippen molar-refractivity contribution in [2.45, 2.75) is 30.0 Å². The van der Waals surface area contributed by atoms with Gasteiger partial charge in [-0.15, -0.1) is 16.8 Å². The Morgan fingerprint density at radius 2 is 1.91 bits per heavy atom. The van der Waals surface area contributed by atoms with Crippen molar-refractivity contribution in [2.24, 2.45) is 0 Å². The largest absolute Gasteiger partial charge is 0.485 e. The van der Waals surface area contributed by atoms with Gasteiger partial charge in [-0.05, 0) is 19.1 Å². The van der Waals surface area contributed by atoms with Gasteiger partial charge in [0.25, 0.3) is 0 Å². The predicted octanol–water partition coefficient (Wildman–Crippen LogP) is 4.88. The topological polar surface area (TPSA) is 88.1 Å². The van der Waals surface area contributed by atoms with E-state index in [9.17, 15) is 0 Å². The summed E-state index contributed by atoms with van der Waals surface area (Å²) in [6.45, 7) is 6.77. The smallest absolute Gasteiger partial charge is 0.240 e. The van der Waals surface area contributed by atoms with Gasteiger partial charge in [0.15, 0.2) is 28.6 Å². The van der Waals surface area contributed by atoms with E-state index in [4.69, 9.17) is 14.0 Å². The van der Waals surface area contributed by atoms with Gasteiger partial charge in [-0.2, -0.15) is 4.98 Å². The molecule has 2 aromatic carbocycles. The first kappa shape index (κ1) is 20.3. The quantitative estimate of drug-likeness (QED) is 0.293. The fraction of sp³-hybridized carbons (Fsp3) is 0.217. The van der Waals surface area contributed by atoms with Crippen LogP contribution >= 0.6 is 11.8 Å². The molecule has 1 aliphatic heterocycles. The third kappa shape index (κ3) is 3.99. The van der Waals surface area contributed by atoms with Crippen LogP contribution in [0.4, 0.5) is 0 Å². The third-order valence-corrected chi connectivity index (χ3v) is 6.03. The number of para-hydroxylation sites is 2. The number of allylic oxidation sites excluding steroid dienone is 1. The molecule has 8 nitrogen and oxygen atoms in total. The van der Waals surface area contributed by atoms with Crippen LogP contribution in [0.15, 0.2) is 76.9 Å². The minimum Gasteiger partial charge on any atom is -0.485 e. The summed E-state index contributed by atoms with van der Waals surface area (Å²) in [6, 6.07) is 17.3. The number of fused-ring (bicyclic) bond motifs is 1. The SMILES string of the molecule is C=CCn1c(SC(C)c2nc(-c3ccccc3)no2)nnc1C1COc2ccccc2O1. The highest BCUT2D eigenvalue weighted by molar-refractivity contribution is 7.99. The molecule has 4 aromatic rings. The summed E-state index contributed by atoms with van der Waals surface area (Å²) in [5.74, 6) is 3.19. The number of nitrogens with zero attached hydrogens (tertiary/aromatic N) is 5. The van der Waals surface area contributed by atoms with E-state index in [0.717, 1.165) is 11.3 Å². The maximum absolute atomic E-state index is 6.13. The molecule has 0 aliphatic carbocycles. The molecule has 0 bridgehead atoms. The van der Waals surface area contributed by atoms with Crippen LogP contribution in [0.25, 0.3) is 11.4 Å². The Kier molecular flexibility index (Phi) is 5.64. The first-order valence-electron chi connectivity index (χ1n) is 10.2. The Morgan fingerprint density at radius 1 is 1.12 bits per heavy atom. The van der Waals surface area contributed by atoms with Gasteiger partial charge in [-0.3, -0.25) is 4.57 Å². The van der Waals surface area contributed by atoms with Crippen molar-refractivity contribution in [3.05, 3.63) is 79.0 Å². The standard InChI is InChI=1S/C23H21N5O3S/c1-3-13-28-21(19-14-29-17-11-7-8-12-18(17)30-19)25-26-23(28)32-15(2)22-24-20(27-31-22)16-9-5-4-6-10-16/h3-12,15,19H,1,13-14H2,2H3. The Labute approximate surface area is 189 Å². The third-order valence-electron chi connectivity index (χ3n) is 4.96. The zero-order valence-electron chi connectivity index (χ0n) is 17.4. The maximum atomic E-state index is 6.13. The fourth-order valence-corrected chi connectivity index (χ4v) is 4.28. The summed E-state index contributed by atoms with van der Waals surface area (Å²) in [5.41, 5.74) is 0.909. The molecule has 0 saturated carbocycles. The average molecular weight is 448 g/mol. The molecule has 2 atom stereocenters. The lowest BCUT2D eigenvalue weighted by molar-refractivity contribution is 0.0821. The number of benzene rings is 2. The van der Waals surface area contributed by atoms with Gasteiger partial charge in [0, 0.05) is 12.1 Å². The maximum Gasteiger partial charge on any atom is 0.240 e. The second-order valence-corrected chi connectivity index (χ2v) is 8.49. The summed E-state index contributed by atoms with van der Waals surface area (Å²) in [6.07, 6.45) is 1.44. The van der Waals surface area contributed by atoms with Gasteiger partial charge in [0.05, 0.1) is 5.25 Å². The van der Waals surface area contributed by atoms with Crippen LogP contribution in [0.5, 0.6) is 11.5 Å². The highest BCUT2D eigenvalue weighted by Gasteiger charge is 2.29. The molecule has 2 unspecified atom stereocenters. The molecule has 9 heteroatoms. The number of ether oxygens (including phenoxy) is 2. The molecule has 162 valence electrons. The van der Waals surface area contributed by atoms with Crippen molar-refractivity contribution in [3.63, 3.8) is 0 Å². The zero-order valence-corrected chi connectivity index (χ0v) is 18.2. The van der Waals surface area contributed by atoms with Crippen molar-refractivity contribution < 1.29 is 14.0 Å². The van der Waals surface area contributed by atoms with E-state index in [2.05, 4.69) is 26.9 Å². The first-order chi connectivity index (χ1) is 15.7. The van der Waals surface area contributed by atoms with E-state index in [1.807, 2.05) is 66.1 Å². The van der Waals surface area contributed by atoms with Gasteiger partial charge in [-0.25, -0.2) is 0 Å². The fourth-order valence-electron chi connectivity index (χ4n) is 3.39. The lowest BCUT2D eigenvalue weighted by atomic mass is 10.2. The van der Waals surface area contributed by atoms with Gasteiger partial charge in [0.2, 0.25) is 11.7 Å². The zero-order chi connectivity index (χ0) is 21.9. The monoisotopic (exact) mass is 447 g/mol. The van der Waals surface area contributed by atoms with Crippen LogP contribution in [0, 0.1) is 0 Å². The Bertz CT molecular complexity index is 1220. The van der Waals surface area contributed by atoms with Crippen LogP contribution in [0.2, 0.25) is 0 Å². The lowest BCUT2D eigenvalue weighted by Gasteiger charge is -2.26. The molecule has 5 rings (SSSR count). The van der Waals surface area contributed by atoms with E-state index in [1.165, 1.54) is 11.8 Å². The minimum atomic E-state index is -0.366. The van der Waals surface area contributed by atoms with E-state index in [0.29, 0.717) is 41.6 Å².